The van der Waals surface area contributed by atoms with Crippen LogP contribution >= 0.6 is 11.8 Å². The van der Waals surface area contributed by atoms with Gasteiger partial charge < -0.3 is 4.90 Å². The molecule has 2 heterocycles. The molecule has 6 heteroatoms. The molecule has 1 fully saturated rings. The first kappa shape index (κ1) is 12.2. The average molecular weight is 253 g/mol. The number of nitro groups is 1. The van der Waals surface area contributed by atoms with Gasteiger partial charge in [-0.25, -0.2) is 4.98 Å². The van der Waals surface area contributed by atoms with Crippen LogP contribution in [0.15, 0.2) is 18.3 Å². The molecule has 0 saturated carbocycles. The lowest BCUT2D eigenvalue weighted by molar-refractivity contribution is -0.384. The summed E-state index contributed by atoms with van der Waals surface area (Å²) in [4.78, 5) is 16.9. The highest BCUT2D eigenvalue weighted by molar-refractivity contribution is 7.98. The second-order valence-electron chi connectivity index (χ2n) is 4.05. The quantitative estimate of drug-likeness (QED) is 0.609. The van der Waals surface area contributed by atoms with Crippen LogP contribution in [0.1, 0.15) is 12.8 Å². The van der Waals surface area contributed by atoms with Gasteiger partial charge in [0.25, 0.3) is 0 Å². The Hall–Kier alpha value is -1.30. The highest BCUT2D eigenvalue weighted by Gasteiger charge is 2.30. The van der Waals surface area contributed by atoms with Crippen LogP contribution in [0.25, 0.3) is 0 Å². The highest BCUT2D eigenvalue weighted by Crippen LogP contribution is 2.31. The van der Waals surface area contributed by atoms with Crippen molar-refractivity contribution in [2.24, 2.45) is 0 Å². The first-order chi connectivity index (χ1) is 8.24. The van der Waals surface area contributed by atoms with Crippen LogP contribution in [0.5, 0.6) is 0 Å². The van der Waals surface area contributed by atoms with Crippen molar-refractivity contribution in [2.75, 3.05) is 23.5 Å². The zero-order valence-corrected chi connectivity index (χ0v) is 10.5. The second kappa shape index (κ2) is 5.35. The van der Waals surface area contributed by atoms with Gasteiger partial charge in [-0.3, -0.25) is 10.1 Å². The zero-order chi connectivity index (χ0) is 12.3. The summed E-state index contributed by atoms with van der Waals surface area (Å²) in [6, 6.07) is 3.51. The van der Waals surface area contributed by atoms with Crippen LogP contribution in [-0.4, -0.2) is 34.5 Å². The number of pyridine rings is 1. The maximum Gasteiger partial charge on any atom is 0.311 e. The normalized spacial score (nSPS) is 19.6. The fourth-order valence-corrected chi connectivity index (χ4v) is 2.96. The van der Waals surface area contributed by atoms with E-state index in [1.807, 2.05) is 0 Å². The van der Waals surface area contributed by atoms with E-state index in [0.29, 0.717) is 11.9 Å². The third-order valence-corrected chi connectivity index (χ3v) is 3.69. The van der Waals surface area contributed by atoms with Crippen LogP contribution in [0.4, 0.5) is 11.5 Å². The Bertz CT molecular complexity index is 413. The first-order valence-corrected chi connectivity index (χ1v) is 6.98. The average Bonchev–Trinajstić information content (AvgIpc) is 2.77. The third kappa shape index (κ3) is 2.52. The van der Waals surface area contributed by atoms with Gasteiger partial charge in [0.05, 0.1) is 4.92 Å². The van der Waals surface area contributed by atoms with E-state index in [1.165, 1.54) is 6.07 Å². The molecule has 17 heavy (non-hydrogen) atoms. The maximum atomic E-state index is 11.0. The number of aromatic nitrogens is 1. The highest BCUT2D eigenvalue weighted by atomic mass is 32.2. The fraction of sp³-hybridized carbons (Fsp3) is 0.545. The molecule has 0 N–H and O–H groups in total. The van der Waals surface area contributed by atoms with Crippen LogP contribution in [0.3, 0.4) is 0 Å². The number of rotatable bonds is 4. The standard InChI is InChI=1S/C11H15N3O2S/c1-17-8-9-4-3-7-13(9)11-10(14(15)16)5-2-6-12-11/h2,5-6,9H,3-4,7-8H2,1H3. The summed E-state index contributed by atoms with van der Waals surface area (Å²) in [6.45, 7) is 0.864. The number of anilines is 1. The van der Waals surface area contributed by atoms with Gasteiger partial charge in [-0.15, -0.1) is 0 Å². The first-order valence-electron chi connectivity index (χ1n) is 5.59. The van der Waals surface area contributed by atoms with E-state index < -0.39 is 0 Å². The topological polar surface area (TPSA) is 59.3 Å². The molecule has 0 amide bonds. The Kier molecular flexibility index (Phi) is 3.83. The number of thioether (sulfide) groups is 1. The summed E-state index contributed by atoms with van der Waals surface area (Å²) < 4.78 is 0. The van der Waals surface area contributed by atoms with Crippen molar-refractivity contribution < 1.29 is 4.92 Å². The number of hydrogen-bond donors (Lipinski definition) is 0. The van der Waals surface area contributed by atoms with E-state index >= 15 is 0 Å². The van der Waals surface area contributed by atoms with Crippen molar-refractivity contribution in [1.29, 1.82) is 0 Å². The van der Waals surface area contributed by atoms with E-state index in [-0.39, 0.29) is 10.6 Å². The van der Waals surface area contributed by atoms with E-state index in [0.717, 1.165) is 25.1 Å². The van der Waals surface area contributed by atoms with Crippen LogP contribution in [0.2, 0.25) is 0 Å². The third-order valence-electron chi connectivity index (χ3n) is 2.97. The Morgan fingerprint density at radius 3 is 3.24 bits per heavy atom. The molecule has 0 aromatic carbocycles. The molecule has 1 aliphatic heterocycles. The molecule has 92 valence electrons. The fourth-order valence-electron chi connectivity index (χ4n) is 2.23. The molecule has 1 unspecified atom stereocenters. The lowest BCUT2D eigenvalue weighted by Crippen LogP contribution is -2.32. The predicted molar refractivity (Wildman–Crippen MR) is 69.6 cm³/mol. The van der Waals surface area contributed by atoms with Crippen LogP contribution < -0.4 is 4.90 Å². The molecular weight excluding hydrogens is 238 g/mol. The summed E-state index contributed by atoms with van der Waals surface area (Å²) in [5.41, 5.74) is 0.112. The van der Waals surface area contributed by atoms with Gasteiger partial charge in [0.15, 0.2) is 0 Å². The van der Waals surface area contributed by atoms with Crippen molar-refractivity contribution in [2.45, 2.75) is 18.9 Å². The Labute approximate surface area is 104 Å². The lowest BCUT2D eigenvalue weighted by atomic mass is 10.2. The summed E-state index contributed by atoms with van der Waals surface area (Å²) in [7, 11) is 0. The monoisotopic (exact) mass is 253 g/mol. The minimum Gasteiger partial charge on any atom is -0.347 e. The maximum absolute atomic E-state index is 11.0. The van der Waals surface area contributed by atoms with Gasteiger partial charge in [-0.05, 0) is 25.2 Å². The molecule has 0 aliphatic carbocycles. The molecule has 1 aromatic rings. The van der Waals surface area contributed by atoms with E-state index in [4.69, 9.17) is 0 Å². The molecule has 5 nitrogen and oxygen atoms in total. The Morgan fingerprint density at radius 2 is 2.53 bits per heavy atom. The van der Waals surface area contributed by atoms with Crippen molar-refractivity contribution in [3.63, 3.8) is 0 Å². The van der Waals surface area contributed by atoms with Gasteiger partial charge in [0.1, 0.15) is 0 Å². The number of hydrogen-bond acceptors (Lipinski definition) is 5. The van der Waals surface area contributed by atoms with Crippen LogP contribution in [0, 0.1) is 10.1 Å². The molecule has 1 aromatic heterocycles. The van der Waals surface area contributed by atoms with Crippen LogP contribution in [-0.2, 0) is 0 Å². The predicted octanol–water partition coefficient (Wildman–Crippen LogP) is 2.32. The van der Waals surface area contributed by atoms with Crippen molar-refractivity contribution >= 4 is 23.3 Å². The van der Waals surface area contributed by atoms with Gasteiger partial charge in [-0.1, -0.05) is 0 Å². The molecule has 1 saturated heterocycles. The smallest absolute Gasteiger partial charge is 0.311 e. The van der Waals surface area contributed by atoms with Gasteiger partial charge in [0, 0.05) is 30.6 Å². The van der Waals surface area contributed by atoms with Crippen molar-refractivity contribution in [1.82, 2.24) is 4.98 Å². The number of nitrogens with zero attached hydrogens (tertiary/aromatic N) is 3. The van der Waals surface area contributed by atoms with Crippen molar-refractivity contribution in [3.8, 4) is 0 Å². The molecule has 0 bridgehead atoms. The summed E-state index contributed by atoms with van der Waals surface area (Å²) in [6.07, 6.45) is 5.85. The summed E-state index contributed by atoms with van der Waals surface area (Å²) >= 11 is 1.77. The van der Waals surface area contributed by atoms with Crippen molar-refractivity contribution in [3.05, 3.63) is 28.4 Å². The molecule has 0 spiro atoms. The second-order valence-corrected chi connectivity index (χ2v) is 4.96. The minimum atomic E-state index is -0.350. The molecular formula is C11H15N3O2S. The van der Waals surface area contributed by atoms with Gasteiger partial charge >= 0.3 is 5.69 Å². The Balaban J connectivity index is 2.29. The molecule has 1 atom stereocenters. The SMILES string of the molecule is CSCC1CCCN1c1ncccc1[N+](=O)[O-]. The summed E-state index contributed by atoms with van der Waals surface area (Å²) in [5, 5.41) is 11.0. The van der Waals surface area contributed by atoms with E-state index in [1.54, 1.807) is 24.0 Å². The van der Waals surface area contributed by atoms with Gasteiger partial charge in [0.2, 0.25) is 5.82 Å². The van der Waals surface area contributed by atoms with E-state index in [2.05, 4.69) is 16.1 Å². The van der Waals surface area contributed by atoms with Gasteiger partial charge in [-0.2, -0.15) is 11.8 Å². The Morgan fingerprint density at radius 1 is 1.71 bits per heavy atom. The lowest BCUT2D eigenvalue weighted by Gasteiger charge is -2.24. The zero-order valence-electron chi connectivity index (χ0n) is 9.70. The summed E-state index contributed by atoms with van der Waals surface area (Å²) in [5.74, 6) is 1.52. The van der Waals surface area contributed by atoms with E-state index in [9.17, 15) is 10.1 Å². The minimum absolute atomic E-state index is 0.112. The molecule has 2 rings (SSSR count). The molecule has 0 radical (unpaired) electrons. The molecule has 1 aliphatic rings. The largest absolute Gasteiger partial charge is 0.347 e.